The molecule has 1 rings (SSSR count). The minimum absolute atomic E-state index is 0.0714. The summed E-state index contributed by atoms with van der Waals surface area (Å²) in [4.78, 5) is 213. The molecule has 0 spiro atoms. The van der Waals surface area contributed by atoms with E-state index < -0.39 is 125 Å². The van der Waals surface area contributed by atoms with Gasteiger partial charge in [-0.25, -0.2) is 0 Å². The number of carbonyl (C=O) groups excluding carboxylic acids is 17. The Labute approximate surface area is 556 Å². The lowest BCUT2D eigenvalue weighted by atomic mass is 10.1. The van der Waals surface area contributed by atoms with Crippen molar-refractivity contribution in [2.24, 2.45) is 17.2 Å². The molecule has 0 bridgehead atoms. The van der Waals surface area contributed by atoms with Crippen LogP contribution in [0.1, 0.15) is 150 Å². The summed E-state index contributed by atoms with van der Waals surface area (Å²) in [6.07, 6.45) is 7.05. The Morgan fingerprint density at radius 2 is 0.691 bits per heavy atom. The van der Waals surface area contributed by atoms with Crippen LogP contribution in [0, 0.1) is 0 Å². The molecular weight excluding hydrogens is 1270 g/mol. The van der Waals surface area contributed by atoms with Gasteiger partial charge in [0.25, 0.3) is 11.8 Å². The van der Waals surface area contributed by atoms with Gasteiger partial charge in [-0.05, 0) is 96.3 Å². The van der Waals surface area contributed by atoms with Crippen molar-refractivity contribution in [2.75, 3.05) is 62.3 Å². The molecule has 35 heteroatoms. The summed E-state index contributed by atoms with van der Waals surface area (Å²) in [6.45, 7) is 8.15. The molecule has 0 saturated heterocycles. The van der Waals surface area contributed by atoms with Gasteiger partial charge in [0.15, 0.2) is 0 Å². The lowest BCUT2D eigenvalue weighted by Crippen LogP contribution is -2.57. The van der Waals surface area contributed by atoms with Crippen LogP contribution in [0.25, 0.3) is 0 Å². The van der Waals surface area contributed by atoms with Crippen molar-refractivity contribution >= 4 is 124 Å². The molecule has 0 aromatic carbocycles. The molecule has 0 fully saturated rings. The maximum Gasteiger partial charge on any atom is 0.253 e. The van der Waals surface area contributed by atoms with E-state index in [1.165, 1.54) is 13.8 Å². The summed E-state index contributed by atoms with van der Waals surface area (Å²) in [6, 6.07) is -8.06. The van der Waals surface area contributed by atoms with Gasteiger partial charge in [0.2, 0.25) is 88.6 Å². The van der Waals surface area contributed by atoms with E-state index >= 15 is 0 Å². The molecule has 0 aromatic rings. The van der Waals surface area contributed by atoms with Crippen LogP contribution in [0.2, 0.25) is 0 Å². The second-order valence-electron chi connectivity index (χ2n) is 22.1. The fourth-order valence-electron chi connectivity index (χ4n) is 8.89. The normalized spacial score (nSPS) is 13.8. The third-order valence-corrected chi connectivity index (χ3v) is 16.1. The number of nitrogens with one attached hydrogen (secondary N) is 12. The number of imide groups is 1. The van der Waals surface area contributed by atoms with Crippen LogP contribution >= 0.6 is 23.5 Å². The molecule has 94 heavy (non-hydrogen) atoms. The zero-order valence-corrected chi connectivity index (χ0v) is 56.1. The SMILES string of the molecule is CCC(=O)NCCCCC(NC(=O)CC)C(=O)NC(CCCCNC(=O)CSCC(NC(C)=O)C(=O)NC(CCCCNC(=O)CCN1C(=O)C=CC1=O)C(=O)NC(CSCC(=O)NCCCCC(NC(=O)C(CCCCNC(C)=O)NC(C)=O)C(N)=O)C(N)=O)C(N)=O. The molecule has 7 atom stereocenters. The number of primary amides is 3. The highest BCUT2D eigenvalue weighted by Crippen LogP contribution is 2.12. The summed E-state index contributed by atoms with van der Waals surface area (Å²) < 4.78 is 0. The fourth-order valence-corrected chi connectivity index (χ4v) is 10.7. The summed E-state index contributed by atoms with van der Waals surface area (Å²) in [5, 5.41) is 31.5. The van der Waals surface area contributed by atoms with E-state index in [9.17, 15) is 81.5 Å². The summed E-state index contributed by atoms with van der Waals surface area (Å²) >= 11 is 1.93. The monoisotopic (exact) mass is 1370 g/mol. The highest BCUT2D eigenvalue weighted by atomic mass is 32.2. The highest BCUT2D eigenvalue weighted by molar-refractivity contribution is 8.00. The Morgan fingerprint density at radius 1 is 0.372 bits per heavy atom. The van der Waals surface area contributed by atoms with Gasteiger partial charge in [-0.15, -0.1) is 23.5 Å². The lowest BCUT2D eigenvalue weighted by Gasteiger charge is -2.24. The predicted octanol–water partition coefficient (Wildman–Crippen LogP) is -4.07. The lowest BCUT2D eigenvalue weighted by molar-refractivity contribution is -0.137. The van der Waals surface area contributed by atoms with Gasteiger partial charge in [0.05, 0.1) is 11.5 Å². The average molecular weight is 1370 g/mol. The van der Waals surface area contributed by atoms with Gasteiger partial charge in [0, 0.05) is 103 Å². The fraction of sp³-hybridized carbons (Fsp3) is 0.678. The van der Waals surface area contributed by atoms with Crippen molar-refractivity contribution in [2.45, 2.75) is 192 Å². The van der Waals surface area contributed by atoms with Gasteiger partial charge in [-0.2, -0.15) is 0 Å². The third-order valence-electron chi connectivity index (χ3n) is 14.1. The number of nitrogens with two attached hydrogens (primary N) is 3. The molecule has 1 heterocycles. The Balaban J connectivity index is 2.93. The van der Waals surface area contributed by atoms with Gasteiger partial charge in [-0.3, -0.25) is 86.4 Å². The van der Waals surface area contributed by atoms with Crippen LogP contribution in [-0.2, 0) is 81.5 Å². The van der Waals surface area contributed by atoms with Crippen molar-refractivity contribution < 1.29 is 81.5 Å². The van der Waals surface area contributed by atoms with Crippen LogP contribution in [-0.4, -0.2) is 210 Å². The molecule has 0 radical (unpaired) electrons. The molecule has 0 aliphatic carbocycles. The van der Waals surface area contributed by atoms with E-state index in [2.05, 4.69) is 63.8 Å². The molecular formula is C59H98N16O17S2. The van der Waals surface area contributed by atoms with Gasteiger partial charge < -0.3 is 81.0 Å². The number of hydrogen-bond acceptors (Lipinski definition) is 19. The summed E-state index contributed by atoms with van der Waals surface area (Å²) in [7, 11) is 0. The first kappa shape index (κ1) is 83.6. The van der Waals surface area contributed by atoms with E-state index in [1.54, 1.807) is 13.8 Å². The van der Waals surface area contributed by atoms with Gasteiger partial charge >= 0.3 is 0 Å². The summed E-state index contributed by atoms with van der Waals surface area (Å²) in [5.41, 5.74) is 16.8. The molecule has 18 N–H and O–H groups in total. The molecule has 0 aromatic heterocycles. The molecule has 1 aliphatic rings. The van der Waals surface area contributed by atoms with Crippen LogP contribution in [0.4, 0.5) is 0 Å². The Bertz CT molecular complexity index is 2620. The Kier molecular flexibility index (Phi) is 43.0. The largest absolute Gasteiger partial charge is 0.368 e. The predicted molar refractivity (Wildman–Crippen MR) is 348 cm³/mol. The van der Waals surface area contributed by atoms with E-state index in [4.69, 9.17) is 17.2 Å². The van der Waals surface area contributed by atoms with Crippen LogP contribution < -0.4 is 81.0 Å². The van der Waals surface area contributed by atoms with Crippen molar-refractivity contribution in [1.82, 2.24) is 68.7 Å². The van der Waals surface area contributed by atoms with Crippen LogP contribution in [0.5, 0.6) is 0 Å². The van der Waals surface area contributed by atoms with Crippen molar-refractivity contribution in [1.29, 1.82) is 0 Å². The Hall–Kier alpha value is -8.37. The van der Waals surface area contributed by atoms with E-state index in [-0.39, 0.29) is 125 Å². The highest BCUT2D eigenvalue weighted by Gasteiger charge is 2.31. The smallest absolute Gasteiger partial charge is 0.253 e. The zero-order chi connectivity index (χ0) is 70.5. The van der Waals surface area contributed by atoms with Crippen LogP contribution in [0.3, 0.4) is 0 Å². The third kappa shape index (κ3) is 38.6. The molecule has 1 aliphatic heterocycles. The standard InChI is InChI=1S/C59H98N16O17S2/c1-6-46(79)64-27-16-11-21-42(70-47(80)7-2)57(90)72-40(54(61)87)19-9-15-30-67-50(83)35-94-33-45(69-38(5)78)59(92)73-43(22-12-17-28-65-48(81)25-31-75-51(84)23-24-52(75)85)58(91)74-44(55(62)88)32-93-34-49(82)66-29-14-8-18-39(53(60)86)71-56(89)41(68-37(4)77)20-10-13-26-63-36(3)76/h23-24,39-45H,6-22,25-35H2,1-5H3,(H2,60,86)(H2,61,87)(H2,62,88)(H,63,76)(H,64,79)(H,65,81)(H,66,82)(H,67,83)(H,68,77)(H,69,78)(H,70,80)(H,71,89)(H,72,90)(H,73,92)(H,74,91). The average Bonchev–Trinajstić information content (AvgIpc) is 1.53. The van der Waals surface area contributed by atoms with Gasteiger partial charge in [-0.1, -0.05) is 13.8 Å². The van der Waals surface area contributed by atoms with Gasteiger partial charge in [0.1, 0.15) is 42.3 Å². The minimum atomic E-state index is -1.36. The molecule has 33 nitrogen and oxygen atoms in total. The number of nitrogens with zero attached hydrogens (tertiary/aromatic N) is 1. The zero-order valence-electron chi connectivity index (χ0n) is 54.4. The van der Waals surface area contributed by atoms with Crippen molar-refractivity contribution in [3.05, 3.63) is 12.2 Å². The molecule has 0 saturated carbocycles. The Morgan fingerprint density at radius 3 is 1.09 bits per heavy atom. The molecule has 17 amide bonds. The first-order valence-electron chi connectivity index (χ1n) is 31.5. The van der Waals surface area contributed by atoms with E-state index in [1.807, 2.05) is 0 Å². The number of rotatable bonds is 52. The van der Waals surface area contributed by atoms with E-state index in [0.717, 1.165) is 47.5 Å². The second kappa shape index (κ2) is 48.4. The van der Waals surface area contributed by atoms with Crippen molar-refractivity contribution in [3.63, 3.8) is 0 Å². The first-order chi connectivity index (χ1) is 44.6. The van der Waals surface area contributed by atoms with Crippen LogP contribution in [0.15, 0.2) is 12.2 Å². The minimum Gasteiger partial charge on any atom is -0.368 e. The second-order valence-corrected chi connectivity index (χ2v) is 24.1. The maximum absolute atomic E-state index is 14.0. The van der Waals surface area contributed by atoms with E-state index in [0.29, 0.717) is 70.9 Å². The maximum atomic E-state index is 14.0. The number of hydrogen-bond donors (Lipinski definition) is 15. The first-order valence-corrected chi connectivity index (χ1v) is 33.8. The van der Waals surface area contributed by atoms with Crippen molar-refractivity contribution in [3.8, 4) is 0 Å². The number of amides is 17. The number of thioether (sulfide) groups is 2. The molecule has 7 unspecified atom stereocenters. The summed E-state index contributed by atoms with van der Waals surface area (Å²) in [5.74, 6) is -10.4. The molecule has 528 valence electrons. The quantitative estimate of drug-likeness (QED) is 0.0203. The number of carbonyl (C=O) groups is 17. The number of unbranched alkanes of at least 4 members (excludes halogenated alkanes) is 5. The topological polar surface area (TPSA) is 516 Å².